The third-order valence-corrected chi connectivity index (χ3v) is 3.02. The highest BCUT2D eigenvalue weighted by atomic mass is 16.5. The number of para-hydroxylation sites is 1. The summed E-state index contributed by atoms with van der Waals surface area (Å²) < 4.78 is 4.89. The fourth-order valence-corrected chi connectivity index (χ4v) is 1.96. The average molecular weight is 311 g/mol. The molecule has 0 aliphatic heterocycles. The molecule has 2 aromatic carbocycles. The van der Waals surface area contributed by atoms with E-state index < -0.39 is 23.2 Å². The van der Waals surface area contributed by atoms with Crippen LogP contribution in [0.4, 0.5) is 5.69 Å². The van der Waals surface area contributed by atoms with Crippen molar-refractivity contribution in [3.8, 4) is 0 Å². The molecule has 0 atom stereocenters. The summed E-state index contributed by atoms with van der Waals surface area (Å²) in [6.07, 6.45) is 0. The molecule has 0 saturated carbocycles. The standard InChI is InChI=1S/C18H17NO4/c1-2-23-18(22)15(16(20)13-9-5-3-6-10-13)17(21)19-14-11-7-4-8-12-14/h3-12,20H,2H2,1H3,(H,19,21)/b16-15-. The molecule has 5 heteroatoms. The van der Waals surface area contributed by atoms with Crippen molar-refractivity contribution in [1.82, 2.24) is 0 Å². The van der Waals surface area contributed by atoms with Gasteiger partial charge in [0.2, 0.25) is 0 Å². The lowest BCUT2D eigenvalue weighted by molar-refractivity contribution is -0.139. The van der Waals surface area contributed by atoms with Crippen LogP contribution in [-0.2, 0) is 14.3 Å². The van der Waals surface area contributed by atoms with Crippen molar-refractivity contribution in [2.24, 2.45) is 0 Å². The van der Waals surface area contributed by atoms with E-state index in [2.05, 4.69) is 5.32 Å². The van der Waals surface area contributed by atoms with E-state index in [4.69, 9.17) is 4.74 Å². The summed E-state index contributed by atoms with van der Waals surface area (Å²) in [5.41, 5.74) is 0.445. The minimum atomic E-state index is -0.873. The molecular weight excluding hydrogens is 294 g/mol. The molecule has 2 aromatic rings. The van der Waals surface area contributed by atoms with Crippen molar-refractivity contribution in [3.63, 3.8) is 0 Å². The summed E-state index contributed by atoms with van der Waals surface area (Å²) >= 11 is 0. The van der Waals surface area contributed by atoms with Gasteiger partial charge in [0.05, 0.1) is 6.61 Å². The summed E-state index contributed by atoms with van der Waals surface area (Å²) in [5.74, 6) is -2.02. The lowest BCUT2D eigenvalue weighted by atomic mass is 10.1. The highest BCUT2D eigenvalue weighted by Crippen LogP contribution is 2.19. The molecule has 1 amide bonds. The van der Waals surface area contributed by atoms with Crippen LogP contribution in [0.5, 0.6) is 0 Å². The summed E-state index contributed by atoms with van der Waals surface area (Å²) in [5, 5.41) is 12.9. The van der Waals surface area contributed by atoms with Gasteiger partial charge in [0.25, 0.3) is 5.91 Å². The van der Waals surface area contributed by atoms with Crippen molar-refractivity contribution in [2.75, 3.05) is 11.9 Å². The fourth-order valence-electron chi connectivity index (χ4n) is 1.96. The van der Waals surface area contributed by atoms with Gasteiger partial charge < -0.3 is 15.2 Å². The summed E-state index contributed by atoms with van der Waals surface area (Å²) in [6.45, 7) is 1.73. The predicted octanol–water partition coefficient (Wildman–Crippen LogP) is 3.16. The van der Waals surface area contributed by atoms with Crippen molar-refractivity contribution < 1.29 is 19.4 Å². The first kappa shape index (κ1) is 16.3. The number of rotatable bonds is 5. The SMILES string of the molecule is CCOC(=O)/C(C(=O)Nc1ccccc1)=C(\O)c1ccccc1. The Morgan fingerprint density at radius 2 is 1.57 bits per heavy atom. The molecule has 5 nitrogen and oxygen atoms in total. The largest absolute Gasteiger partial charge is 0.506 e. The van der Waals surface area contributed by atoms with Gasteiger partial charge >= 0.3 is 5.97 Å². The van der Waals surface area contributed by atoms with Gasteiger partial charge in [-0.3, -0.25) is 4.79 Å². The number of carbonyl (C=O) groups excluding carboxylic acids is 2. The molecule has 0 bridgehead atoms. The van der Waals surface area contributed by atoms with Gasteiger partial charge in [0, 0.05) is 11.3 Å². The summed E-state index contributed by atoms with van der Waals surface area (Å²) in [4.78, 5) is 24.5. The van der Waals surface area contributed by atoms with Gasteiger partial charge in [0.1, 0.15) is 5.76 Å². The Balaban J connectivity index is 2.38. The predicted molar refractivity (Wildman–Crippen MR) is 87.7 cm³/mol. The van der Waals surface area contributed by atoms with E-state index in [-0.39, 0.29) is 6.61 Å². The first-order chi connectivity index (χ1) is 11.1. The van der Waals surface area contributed by atoms with E-state index in [1.807, 2.05) is 0 Å². The number of benzene rings is 2. The lowest BCUT2D eigenvalue weighted by Gasteiger charge is -2.11. The Morgan fingerprint density at radius 1 is 1.00 bits per heavy atom. The second-order valence-electron chi connectivity index (χ2n) is 4.63. The van der Waals surface area contributed by atoms with Crippen molar-refractivity contribution in [2.45, 2.75) is 6.92 Å². The van der Waals surface area contributed by atoms with E-state index in [9.17, 15) is 14.7 Å². The van der Waals surface area contributed by atoms with Crippen LogP contribution in [0, 0.1) is 0 Å². The van der Waals surface area contributed by atoms with Gasteiger partial charge in [-0.25, -0.2) is 4.79 Å². The average Bonchev–Trinajstić information content (AvgIpc) is 2.57. The topological polar surface area (TPSA) is 75.6 Å². The Morgan fingerprint density at radius 3 is 2.13 bits per heavy atom. The number of hydrogen-bond acceptors (Lipinski definition) is 4. The monoisotopic (exact) mass is 311 g/mol. The van der Waals surface area contributed by atoms with Gasteiger partial charge in [-0.05, 0) is 19.1 Å². The number of hydrogen-bond donors (Lipinski definition) is 2. The molecule has 0 saturated heterocycles. The number of nitrogens with one attached hydrogen (secondary N) is 1. The maximum atomic E-state index is 12.4. The molecular formula is C18H17NO4. The molecule has 0 fully saturated rings. The van der Waals surface area contributed by atoms with Crippen molar-refractivity contribution in [1.29, 1.82) is 0 Å². The highest BCUT2D eigenvalue weighted by molar-refractivity contribution is 6.25. The van der Waals surface area contributed by atoms with Crippen LogP contribution in [0.1, 0.15) is 12.5 Å². The van der Waals surface area contributed by atoms with E-state index in [1.54, 1.807) is 67.6 Å². The molecule has 0 aromatic heterocycles. The molecule has 0 radical (unpaired) electrons. The maximum Gasteiger partial charge on any atom is 0.347 e. The van der Waals surface area contributed by atoms with Crippen LogP contribution in [0.15, 0.2) is 66.2 Å². The summed E-state index contributed by atoms with van der Waals surface area (Å²) in [6, 6.07) is 17.0. The van der Waals surface area contributed by atoms with Gasteiger partial charge in [-0.1, -0.05) is 48.5 Å². The third-order valence-electron chi connectivity index (χ3n) is 3.02. The molecule has 118 valence electrons. The second-order valence-corrected chi connectivity index (χ2v) is 4.63. The Labute approximate surface area is 134 Å². The Kier molecular flexibility index (Phi) is 5.52. The molecule has 2 N–H and O–H groups in total. The third kappa shape index (κ3) is 4.20. The zero-order valence-electron chi connectivity index (χ0n) is 12.7. The van der Waals surface area contributed by atoms with Crippen LogP contribution in [0.3, 0.4) is 0 Å². The lowest BCUT2D eigenvalue weighted by Crippen LogP contribution is -2.24. The highest BCUT2D eigenvalue weighted by Gasteiger charge is 2.25. The number of aliphatic hydroxyl groups is 1. The molecule has 2 rings (SSSR count). The van der Waals surface area contributed by atoms with E-state index >= 15 is 0 Å². The minimum Gasteiger partial charge on any atom is -0.506 e. The van der Waals surface area contributed by atoms with Crippen LogP contribution in [0.2, 0.25) is 0 Å². The van der Waals surface area contributed by atoms with Crippen LogP contribution < -0.4 is 5.32 Å². The quantitative estimate of drug-likeness (QED) is 0.292. The van der Waals surface area contributed by atoms with Gasteiger partial charge in [-0.15, -0.1) is 0 Å². The molecule has 0 unspecified atom stereocenters. The first-order valence-corrected chi connectivity index (χ1v) is 7.15. The van der Waals surface area contributed by atoms with E-state index in [1.165, 1.54) is 0 Å². The fraction of sp³-hybridized carbons (Fsp3) is 0.111. The normalized spacial score (nSPS) is 11.3. The van der Waals surface area contributed by atoms with E-state index in [0.29, 0.717) is 11.3 Å². The van der Waals surface area contributed by atoms with Crippen molar-refractivity contribution >= 4 is 23.3 Å². The van der Waals surface area contributed by atoms with Gasteiger partial charge in [0.15, 0.2) is 5.57 Å². The van der Waals surface area contributed by atoms with Crippen LogP contribution in [-0.4, -0.2) is 23.6 Å². The number of amides is 1. The first-order valence-electron chi connectivity index (χ1n) is 7.15. The number of esters is 1. The minimum absolute atomic E-state index is 0.100. The van der Waals surface area contributed by atoms with Crippen molar-refractivity contribution in [3.05, 3.63) is 71.8 Å². The Bertz CT molecular complexity index is 708. The molecule has 0 aliphatic rings. The number of carbonyl (C=O) groups is 2. The molecule has 23 heavy (non-hydrogen) atoms. The van der Waals surface area contributed by atoms with Crippen LogP contribution >= 0.6 is 0 Å². The zero-order chi connectivity index (χ0) is 16.7. The summed E-state index contributed by atoms with van der Waals surface area (Å²) in [7, 11) is 0. The van der Waals surface area contributed by atoms with E-state index in [0.717, 1.165) is 0 Å². The molecule has 0 spiro atoms. The number of anilines is 1. The van der Waals surface area contributed by atoms with Gasteiger partial charge in [-0.2, -0.15) is 0 Å². The number of ether oxygens (including phenoxy) is 1. The zero-order valence-corrected chi connectivity index (χ0v) is 12.7. The Hall–Kier alpha value is -3.08. The maximum absolute atomic E-state index is 12.4. The molecule has 0 aliphatic carbocycles. The van der Waals surface area contributed by atoms with Crippen LogP contribution in [0.25, 0.3) is 5.76 Å². The number of aliphatic hydroxyl groups excluding tert-OH is 1. The smallest absolute Gasteiger partial charge is 0.347 e. The second kappa shape index (κ2) is 7.79. The molecule has 0 heterocycles.